The summed E-state index contributed by atoms with van der Waals surface area (Å²) in [4.78, 5) is 22.5. The Morgan fingerprint density at radius 1 is 0.646 bits per heavy atom. The van der Waals surface area contributed by atoms with Crippen LogP contribution in [0, 0.1) is 22.7 Å². The number of carboxylic acids is 1. The van der Waals surface area contributed by atoms with Crippen LogP contribution in [0.15, 0.2) is 72.8 Å². The van der Waals surface area contributed by atoms with Crippen LogP contribution in [0.1, 0.15) is 72.1 Å². The van der Waals surface area contributed by atoms with Gasteiger partial charge >= 0.3 is 18.3 Å². The predicted octanol–water partition coefficient (Wildman–Crippen LogP) is 9.93. The summed E-state index contributed by atoms with van der Waals surface area (Å²) in [6.45, 7) is 1.41. The molecule has 0 aliphatic heterocycles. The molecule has 4 aromatic carbocycles. The number of carbonyl (C=O) groups excluding carboxylic acids is 1. The molecule has 4 aromatic rings. The van der Waals surface area contributed by atoms with Gasteiger partial charge in [-0.15, -0.1) is 0 Å². The molecule has 0 aromatic heterocycles. The maximum Gasteiger partial charge on any atom is 0.416 e. The number of carboxylic acid groups (broad SMARTS) is 1. The second-order valence-corrected chi connectivity index (χ2v) is 11.3. The Bertz CT molecular complexity index is 1790. The fourth-order valence-corrected chi connectivity index (χ4v) is 5.09. The summed E-state index contributed by atoms with van der Waals surface area (Å²) in [5, 5.41) is 27.0. The maximum atomic E-state index is 12.6. The number of aryl methyl sites for hydroxylation is 4. The first kappa shape index (κ1) is 37.6. The van der Waals surface area contributed by atoms with Crippen LogP contribution in [-0.4, -0.2) is 16.9 Å². The van der Waals surface area contributed by atoms with Crippen LogP contribution in [-0.2, 0) is 38.0 Å². The number of nitriles is 2. The molecule has 48 heavy (non-hydrogen) atoms. The molecule has 0 aliphatic carbocycles. The Morgan fingerprint density at radius 3 is 1.38 bits per heavy atom. The third-order valence-electron chi connectivity index (χ3n) is 7.02. The molecule has 0 aliphatic rings. The normalized spacial score (nSPS) is 11.1. The van der Waals surface area contributed by atoms with Crippen molar-refractivity contribution in [1.82, 2.24) is 0 Å². The molecule has 13 heteroatoms. The highest BCUT2D eigenvalue weighted by Gasteiger charge is 2.31. The molecule has 0 saturated carbocycles. The van der Waals surface area contributed by atoms with E-state index in [1.165, 1.54) is 37.3 Å². The van der Waals surface area contributed by atoms with Gasteiger partial charge in [-0.25, -0.2) is 4.79 Å². The summed E-state index contributed by atoms with van der Waals surface area (Å²) in [6, 6.07) is 19.3. The Kier molecular flexibility index (Phi) is 12.4. The van der Waals surface area contributed by atoms with Gasteiger partial charge < -0.3 is 5.11 Å². The molecule has 4 rings (SSSR count). The average Bonchev–Trinajstić information content (AvgIpc) is 3.02. The van der Waals surface area contributed by atoms with Crippen LogP contribution in [0.2, 0.25) is 10.0 Å². The summed E-state index contributed by atoms with van der Waals surface area (Å²) in [5.41, 5.74) is 1.85. The van der Waals surface area contributed by atoms with Crippen molar-refractivity contribution in [2.24, 2.45) is 0 Å². The summed E-state index contributed by atoms with van der Waals surface area (Å²) in [7, 11) is 0. The number of Topliss-reactive ketones (excluding diaryl/α,β-unsaturated/α-hetero) is 1. The number of benzene rings is 4. The van der Waals surface area contributed by atoms with Gasteiger partial charge in [0.25, 0.3) is 0 Å². The molecule has 0 bridgehead atoms. The van der Waals surface area contributed by atoms with E-state index in [2.05, 4.69) is 0 Å². The van der Waals surface area contributed by atoms with Gasteiger partial charge in [-0.05, 0) is 116 Å². The van der Waals surface area contributed by atoms with Crippen molar-refractivity contribution in [3.63, 3.8) is 0 Å². The molecule has 0 spiro atoms. The number of hydrogen-bond donors (Lipinski definition) is 1. The topological polar surface area (TPSA) is 102 Å². The average molecular weight is 705 g/mol. The molecule has 0 heterocycles. The molecule has 0 unspecified atom stereocenters. The van der Waals surface area contributed by atoms with Gasteiger partial charge in [0.2, 0.25) is 0 Å². The fraction of sp³-hybridized carbons (Fsp3) is 0.200. The zero-order chi connectivity index (χ0) is 35.8. The molecular weight excluding hydrogens is 681 g/mol. The lowest BCUT2D eigenvalue weighted by molar-refractivity contribution is -0.138. The minimum Gasteiger partial charge on any atom is -0.478 e. The van der Waals surface area contributed by atoms with E-state index in [9.17, 15) is 35.9 Å². The van der Waals surface area contributed by atoms with Crippen LogP contribution in [0.5, 0.6) is 0 Å². The number of ketones is 1. The van der Waals surface area contributed by atoms with E-state index < -0.39 is 29.4 Å². The van der Waals surface area contributed by atoms with E-state index in [4.69, 9.17) is 38.8 Å². The van der Waals surface area contributed by atoms with Gasteiger partial charge in [-0.2, -0.15) is 36.9 Å². The van der Waals surface area contributed by atoms with E-state index in [1.54, 1.807) is 18.2 Å². The third-order valence-corrected chi connectivity index (χ3v) is 7.73. The lowest BCUT2D eigenvalue weighted by Gasteiger charge is -2.10. The lowest BCUT2D eigenvalue weighted by atomic mass is 9.98. The molecule has 1 N–H and O–H groups in total. The largest absolute Gasteiger partial charge is 0.478 e. The van der Waals surface area contributed by atoms with E-state index in [-0.39, 0.29) is 27.0 Å². The number of aromatic carboxylic acids is 1. The number of carbonyl (C=O) groups is 2. The highest BCUT2D eigenvalue weighted by Crippen LogP contribution is 2.33. The second-order valence-electron chi connectivity index (χ2n) is 10.5. The van der Waals surface area contributed by atoms with E-state index in [1.807, 2.05) is 12.1 Å². The number of rotatable bonds is 8. The predicted molar refractivity (Wildman–Crippen MR) is 167 cm³/mol. The van der Waals surface area contributed by atoms with Crippen molar-refractivity contribution < 1.29 is 41.0 Å². The van der Waals surface area contributed by atoms with Gasteiger partial charge in [-0.3, -0.25) is 4.79 Å². The Morgan fingerprint density at radius 2 is 1.04 bits per heavy atom. The first-order chi connectivity index (χ1) is 22.4. The highest BCUT2D eigenvalue weighted by atomic mass is 35.5. The van der Waals surface area contributed by atoms with Gasteiger partial charge in [-0.1, -0.05) is 35.3 Å². The van der Waals surface area contributed by atoms with Crippen molar-refractivity contribution in [2.75, 3.05) is 0 Å². The van der Waals surface area contributed by atoms with E-state index >= 15 is 0 Å². The van der Waals surface area contributed by atoms with Crippen LogP contribution in [0.3, 0.4) is 0 Å². The van der Waals surface area contributed by atoms with E-state index in [0.29, 0.717) is 53.5 Å². The first-order valence-corrected chi connectivity index (χ1v) is 14.7. The zero-order valence-corrected chi connectivity index (χ0v) is 26.5. The minimum atomic E-state index is -4.46. The second kappa shape index (κ2) is 15.8. The molecule has 0 radical (unpaired) electrons. The molecule has 5 nitrogen and oxygen atoms in total. The molecule has 0 fully saturated rings. The van der Waals surface area contributed by atoms with Crippen molar-refractivity contribution >= 4 is 35.0 Å². The summed E-state index contributed by atoms with van der Waals surface area (Å²) < 4.78 is 75.7. The Hall–Kier alpha value is -4.84. The number of nitrogens with zero attached hydrogens (tertiary/aromatic N) is 2. The molecule has 0 atom stereocenters. The highest BCUT2D eigenvalue weighted by molar-refractivity contribution is 6.31. The molecule has 0 amide bonds. The van der Waals surface area contributed by atoms with Crippen molar-refractivity contribution in [3.05, 3.63) is 138 Å². The van der Waals surface area contributed by atoms with Crippen LogP contribution in [0.4, 0.5) is 26.3 Å². The van der Waals surface area contributed by atoms with Crippen molar-refractivity contribution in [3.8, 4) is 12.1 Å². The summed E-state index contributed by atoms with van der Waals surface area (Å²) in [5.74, 6) is -1.30. The number of alkyl halides is 6. The van der Waals surface area contributed by atoms with Crippen molar-refractivity contribution in [2.45, 2.75) is 45.0 Å². The van der Waals surface area contributed by atoms with Crippen LogP contribution in [0.25, 0.3) is 0 Å². The molecule has 248 valence electrons. The molecular formula is C35H24Cl2F6N2O3. The van der Waals surface area contributed by atoms with Gasteiger partial charge in [0.05, 0.1) is 40.0 Å². The van der Waals surface area contributed by atoms with E-state index in [0.717, 1.165) is 29.8 Å². The number of halogens is 8. The lowest BCUT2D eigenvalue weighted by Crippen LogP contribution is -2.05. The Balaban J connectivity index is 0.000000260. The fourth-order valence-electron chi connectivity index (χ4n) is 4.54. The SMILES string of the molecule is CC(=O)c1cc(C#N)cc(CCc2ccc(C(F)(F)F)cc2Cl)c1.N#Cc1cc(CCc2ccc(C(F)(F)F)cc2Cl)cc(C(=O)O)c1. The monoisotopic (exact) mass is 704 g/mol. The molecule has 0 saturated heterocycles. The smallest absolute Gasteiger partial charge is 0.416 e. The quantitative estimate of drug-likeness (QED) is 0.145. The minimum absolute atomic E-state index is 0.000258. The zero-order valence-electron chi connectivity index (χ0n) is 24.9. The van der Waals surface area contributed by atoms with Gasteiger partial charge in [0.15, 0.2) is 5.78 Å². The third kappa shape index (κ3) is 10.6. The van der Waals surface area contributed by atoms with Crippen molar-refractivity contribution in [1.29, 1.82) is 10.5 Å². The maximum absolute atomic E-state index is 12.6. The van der Waals surface area contributed by atoms with Gasteiger partial charge in [0.1, 0.15) is 0 Å². The first-order valence-electron chi connectivity index (χ1n) is 13.9. The summed E-state index contributed by atoms with van der Waals surface area (Å²) in [6.07, 6.45) is -7.35. The Labute approximate surface area is 281 Å². The van der Waals surface area contributed by atoms with Crippen LogP contribution < -0.4 is 0 Å². The summed E-state index contributed by atoms with van der Waals surface area (Å²) >= 11 is 11.8. The standard InChI is InChI=1S/C18H13ClF3NO.C17H11ClF3NO2/c1-11(24)15-7-12(6-13(8-15)10-23)2-3-14-4-5-16(9-17(14)19)18(20,21)22;18-15-8-14(17(19,20)21)4-3-12(15)2-1-10-5-11(9-22)7-13(6-10)16(23)24/h4-9H,2-3H2,1H3;3-8H,1-2H2,(H,23,24). The van der Waals surface area contributed by atoms with Crippen LogP contribution >= 0.6 is 23.2 Å². The number of hydrogen-bond acceptors (Lipinski definition) is 4. The van der Waals surface area contributed by atoms with Gasteiger partial charge in [0, 0.05) is 15.6 Å².